The summed E-state index contributed by atoms with van der Waals surface area (Å²) in [7, 11) is 0. The van der Waals surface area contributed by atoms with Gasteiger partial charge in [0.05, 0.1) is 53.6 Å². The zero-order valence-corrected chi connectivity index (χ0v) is 27.5. The van der Waals surface area contributed by atoms with Gasteiger partial charge < -0.3 is 24.9 Å². The highest BCUT2D eigenvalue weighted by atomic mass is 32.1. The maximum Gasteiger partial charge on any atom is 0.408 e. The number of carbonyl (C=O) groups is 2. The highest BCUT2D eigenvalue weighted by Gasteiger charge is 2.38. The van der Waals surface area contributed by atoms with E-state index in [2.05, 4.69) is 30.6 Å². The lowest BCUT2D eigenvalue weighted by Gasteiger charge is -2.29. The smallest absolute Gasteiger partial charge is 0.408 e. The van der Waals surface area contributed by atoms with E-state index in [0.717, 1.165) is 67.4 Å². The predicted octanol–water partition coefficient (Wildman–Crippen LogP) is 7.37. The van der Waals surface area contributed by atoms with E-state index >= 15 is 0 Å². The van der Waals surface area contributed by atoms with E-state index < -0.39 is 30.6 Å². The Bertz CT molecular complexity index is 2310. The Kier molecular flexibility index (Phi) is 6.95. The number of aromatic nitrogens is 6. The van der Waals surface area contributed by atoms with E-state index in [9.17, 15) is 24.2 Å². The minimum absolute atomic E-state index is 0.0641. The van der Waals surface area contributed by atoms with Crippen LogP contribution in [0.1, 0.15) is 59.9 Å². The number of aromatic amines is 2. The Hall–Kier alpha value is -5.70. The zero-order chi connectivity index (χ0) is 34.3. The zero-order valence-electron chi connectivity index (χ0n) is 26.7. The lowest BCUT2D eigenvalue weighted by molar-refractivity contribution is 0.136. The number of imidazole rings is 2. The first-order valence-corrected chi connectivity index (χ1v) is 17.2. The van der Waals surface area contributed by atoms with Crippen molar-refractivity contribution in [1.82, 2.24) is 39.3 Å². The van der Waals surface area contributed by atoms with Crippen LogP contribution in [0.2, 0.25) is 0 Å². The minimum atomic E-state index is -1.23. The Morgan fingerprint density at radius 2 is 1.68 bits per heavy atom. The summed E-state index contributed by atoms with van der Waals surface area (Å²) in [5.74, 6) is 1.73. The number of thiazole rings is 1. The largest absolute Gasteiger partial charge is 0.465 e. The summed E-state index contributed by atoms with van der Waals surface area (Å²) in [4.78, 5) is 46.4. The Labute approximate surface area is 288 Å². The van der Waals surface area contributed by atoms with Crippen LogP contribution in [0, 0.1) is 6.92 Å². The number of likely N-dealkylation sites (tertiary alicyclic amines) is 2. The second-order valence-corrected chi connectivity index (χ2v) is 13.9. The van der Waals surface area contributed by atoms with E-state index in [1.807, 2.05) is 48.7 Å². The number of rotatable bonds is 5. The molecule has 0 saturated carbocycles. The lowest BCUT2D eigenvalue weighted by Crippen LogP contribution is -2.30. The summed E-state index contributed by atoms with van der Waals surface area (Å²) < 4.78 is 23.1. The molecule has 0 bridgehead atoms. The molecular weight excluding hydrogens is 664 g/mol. The van der Waals surface area contributed by atoms with E-state index in [4.69, 9.17) is 9.72 Å². The van der Waals surface area contributed by atoms with Crippen molar-refractivity contribution in [2.45, 2.75) is 50.7 Å². The van der Waals surface area contributed by atoms with Crippen LogP contribution in [-0.4, -0.2) is 80.9 Å². The van der Waals surface area contributed by atoms with Gasteiger partial charge in [-0.1, -0.05) is 12.1 Å². The number of amides is 2. The molecule has 15 heteroatoms. The molecule has 9 rings (SSSR count). The number of alkyl halides is 1. The molecular formula is C35H31FN8O5S. The molecule has 2 saturated heterocycles. The monoisotopic (exact) mass is 694 g/mol. The number of hydrogen-bond donors (Lipinski definition) is 4. The first-order chi connectivity index (χ1) is 24.2. The highest BCUT2D eigenvalue weighted by Crippen LogP contribution is 2.46. The van der Waals surface area contributed by atoms with Gasteiger partial charge in [0.2, 0.25) is 6.23 Å². The number of aryl methyl sites for hydroxylation is 1. The SMILES string of the molecule is Cc1csc(C2Oc3cc(-c4cnc(C5CCCN5C(=O)O)[nH]4)ccc3-c3cc4cc(-c5cnc(C6CC(F)CN6C(=O)O)[nH]5)ccc4n32)n1. The van der Waals surface area contributed by atoms with Gasteiger partial charge >= 0.3 is 12.2 Å². The predicted molar refractivity (Wildman–Crippen MR) is 182 cm³/mol. The van der Waals surface area contributed by atoms with Crippen molar-refractivity contribution in [1.29, 1.82) is 0 Å². The van der Waals surface area contributed by atoms with E-state index in [-0.39, 0.29) is 19.0 Å². The van der Waals surface area contributed by atoms with Crippen molar-refractivity contribution in [3.8, 4) is 39.5 Å². The summed E-state index contributed by atoms with van der Waals surface area (Å²) in [5, 5.41) is 23.0. The highest BCUT2D eigenvalue weighted by molar-refractivity contribution is 7.09. The number of halogens is 1. The first kappa shape index (κ1) is 30.4. The number of nitrogens with zero attached hydrogens (tertiary/aromatic N) is 6. The fourth-order valence-electron chi connectivity index (χ4n) is 7.52. The second-order valence-electron chi connectivity index (χ2n) is 13.0. The average Bonchev–Trinajstić information content (AvgIpc) is 3.94. The molecule has 2 amide bonds. The summed E-state index contributed by atoms with van der Waals surface area (Å²) in [6, 6.07) is 13.2. The fraction of sp³-hybridized carbons (Fsp3) is 0.286. The van der Waals surface area contributed by atoms with Crippen molar-refractivity contribution in [3.63, 3.8) is 0 Å². The molecule has 2 fully saturated rings. The Morgan fingerprint density at radius 3 is 2.40 bits per heavy atom. The Morgan fingerprint density at radius 1 is 0.960 bits per heavy atom. The van der Waals surface area contributed by atoms with Gasteiger partial charge in [0.25, 0.3) is 0 Å². The topological polar surface area (TPSA) is 165 Å². The number of carboxylic acid groups (broad SMARTS) is 2. The van der Waals surface area contributed by atoms with Crippen molar-refractivity contribution in [2.24, 2.45) is 0 Å². The molecule has 4 unspecified atom stereocenters. The summed E-state index contributed by atoms with van der Waals surface area (Å²) in [6.07, 6.45) is 1.11. The first-order valence-electron chi connectivity index (χ1n) is 16.3. The maximum atomic E-state index is 14.2. The van der Waals surface area contributed by atoms with Gasteiger partial charge in [0.1, 0.15) is 23.6 Å². The molecule has 6 aromatic rings. The summed E-state index contributed by atoms with van der Waals surface area (Å²) >= 11 is 1.53. The number of H-pyrrole nitrogens is 2. The molecule has 2 aromatic carbocycles. The van der Waals surface area contributed by atoms with Gasteiger partial charge in [0.15, 0.2) is 5.01 Å². The molecule has 7 heterocycles. The van der Waals surface area contributed by atoms with Crippen molar-refractivity contribution in [3.05, 3.63) is 82.6 Å². The molecule has 3 aliphatic rings. The van der Waals surface area contributed by atoms with Crippen molar-refractivity contribution in [2.75, 3.05) is 13.1 Å². The molecule has 0 spiro atoms. The summed E-state index contributed by atoms with van der Waals surface area (Å²) in [5.41, 5.74) is 6.90. The average molecular weight is 695 g/mol. The third-order valence-electron chi connectivity index (χ3n) is 9.86. The van der Waals surface area contributed by atoms with Crippen LogP contribution >= 0.6 is 11.3 Å². The molecule has 0 aliphatic carbocycles. The van der Waals surface area contributed by atoms with Gasteiger partial charge in [0, 0.05) is 46.1 Å². The molecule has 3 aliphatic heterocycles. The van der Waals surface area contributed by atoms with Gasteiger partial charge in [-0.2, -0.15) is 0 Å². The molecule has 0 radical (unpaired) electrons. The standard InChI is InChI=1S/C35H31FN8O5S/c1-17-16-50-32(39-17)33-44-25-7-5-18(23-13-38-31(41-23)28-12-21(36)15-43(28)35(47)48)9-20(25)10-27(44)22-6-4-19(11-29(22)49-33)24-14-37-30(40-24)26-3-2-8-42(26)34(45)46/h4-7,9-11,13-14,16,21,26,28,33H,2-3,8,12,15H2,1H3,(H,37,40)(H,38,41)(H,45,46)(H,47,48). The minimum Gasteiger partial charge on any atom is -0.465 e. The quantitative estimate of drug-likeness (QED) is 0.145. The number of benzene rings is 2. The van der Waals surface area contributed by atoms with Crippen LogP contribution in [0.15, 0.2) is 60.2 Å². The van der Waals surface area contributed by atoms with Crippen LogP contribution in [0.5, 0.6) is 5.75 Å². The molecule has 254 valence electrons. The van der Waals surface area contributed by atoms with Crippen LogP contribution in [-0.2, 0) is 0 Å². The molecule has 4 aromatic heterocycles. The molecule has 50 heavy (non-hydrogen) atoms. The van der Waals surface area contributed by atoms with Gasteiger partial charge in [-0.25, -0.2) is 28.9 Å². The second kappa shape index (κ2) is 11.4. The summed E-state index contributed by atoms with van der Waals surface area (Å²) in [6.45, 7) is 2.28. The number of nitrogens with one attached hydrogen (secondary N) is 2. The molecule has 13 nitrogen and oxygen atoms in total. The van der Waals surface area contributed by atoms with Gasteiger partial charge in [-0.15, -0.1) is 11.3 Å². The van der Waals surface area contributed by atoms with Crippen LogP contribution in [0.4, 0.5) is 14.0 Å². The molecule has 4 N–H and O–H groups in total. The van der Waals surface area contributed by atoms with Crippen molar-refractivity contribution < 1.29 is 28.9 Å². The lowest BCUT2D eigenvalue weighted by atomic mass is 10.0. The van der Waals surface area contributed by atoms with Crippen LogP contribution in [0.25, 0.3) is 44.7 Å². The molecule has 4 atom stereocenters. The normalized spacial score (nSPS) is 21.4. The number of ether oxygens (including phenoxy) is 1. The maximum absolute atomic E-state index is 14.2. The van der Waals surface area contributed by atoms with Crippen LogP contribution < -0.4 is 4.74 Å². The third-order valence-corrected chi connectivity index (χ3v) is 10.8. The van der Waals surface area contributed by atoms with Gasteiger partial charge in [-0.3, -0.25) is 14.4 Å². The van der Waals surface area contributed by atoms with E-state index in [1.165, 1.54) is 16.2 Å². The Balaban J connectivity index is 1.09. The number of hydrogen-bond acceptors (Lipinski definition) is 7. The van der Waals surface area contributed by atoms with Crippen molar-refractivity contribution >= 4 is 34.4 Å². The number of fused-ring (bicyclic) bond motifs is 5. The fourth-order valence-corrected chi connectivity index (χ4v) is 8.33. The van der Waals surface area contributed by atoms with Crippen LogP contribution in [0.3, 0.4) is 0 Å². The van der Waals surface area contributed by atoms with E-state index in [1.54, 1.807) is 12.4 Å². The third kappa shape index (κ3) is 4.90. The van der Waals surface area contributed by atoms with E-state index in [0.29, 0.717) is 29.6 Å². The van der Waals surface area contributed by atoms with Gasteiger partial charge in [-0.05, 0) is 50.1 Å².